The molecule has 0 saturated carbocycles. The van der Waals surface area contributed by atoms with Crippen molar-refractivity contribution >= 4 is 17.7 Å². The molecule has 0 aliphatic carbocycles. The van der Waals surface area contributed by atoms with Gasteiger partial charge in [-0.1, -0.05) is 30.3 Å². The summed E-state index contributed by atoms with van der Waals surface area (Å²) in [4.78, 5) is 14.8. The van der Waals surface area contributed by atoms with Crippen LogP contribution in [0.2, 0.25) is 0 Å². The minimum absolute atomic E-state index is 0.376. The summed E-state index contributed by atoms with van der Waals surface area (Å²) in [6, 6.07) is 11.4. The Kier molecular flexibility index (Phi) is 4.35. The highest BCUT2D eigenvalue weighted by molar-refractivity contribution is 7.99. The van der Waals surface area contributed by atoms with Gasteiger partial charge in [0.25, 0.3) is 0 Å². The lowest BCUT2D eigenvalue weighted by atomic mass is 10.0. The predicted molar refractivity (Wildman–Crippen MR) is 85.0 cm³/mol. The summed E-state index contributed by atoms with van der Waals surface area (Å²) >= 11 is 1.98. The lowest BCUT2D eigenvalue weighted by molar-refractivity contribution is -0.135. The summed E-state index contributed by atoms with van der Waals surface area (Å²) in [6.07, 6.45) is 8.60. The molecule has 1 aromatic rings. The van der Waals surface area contributed by atoms with E-state index in [9.17, 15) is 4.79 Å². The van der Waals surface area contributed by atoms with Gasteiger partial charge in [-0.3, -0.25) is 4.79 Å². The van der Waals surface area contributed by atoms with Crippen molar-refractivity contribution in [3.63, 3.8) is 0 Å². The van der Waals surface area contributed by atoms with Gasteiger partial charge in [-0.2, -0.15) is 11.8 Å². The Morgan fingerprint density at radius 2 is 1.85 bits per heavy atom. The zero-order valence-electron chi connectivity index (χ0n) is 12.1. The quantitative estimate of drug-likeness (QED) is 0.845. The topological polar surface area (TPSA) is 20.3 Å². The maximum Gasteiger partial charge on any atom is 0.223 e. The lowest BCUT2D eigenvalue weighted by Gasteiger charge is -2.38. The molecule has 2 unspecified atom stereocenters. The highest BCUT2D eigenvalue weighted by Gasteiger charge is 2.42. The van der Waals surface area contributed by atoms with E-state index in [1.165, 1.54) is 31.2 Å². The van der Waals surface area contributed by atoms with Crippen molar-refractivity contribution in [3.8, 4) is 0 Å². The summed E-state index contributed by atoms with van der Waals surface area (Å²) in [5.74, 6) is 0.376. The molecule has 2 bridgehead atoms. The first-order chi connectivity index (χ1) is 9.78. The van der Waals surface area contributed by atoms with Crippen molar-refractivity contribution in [2.45, 2.75) is 55.9 Å². The van der Waals surface area contributed by atoms with E-state index in [0.29, 0.717) is 24.4 Å². The molecule has 2 nitrogen and oxygen atoms in total. The van der Waals surface area contributed by atoms with E-state index in [1.807, 2.05) is 30.0 Å². The average molecular weight is 289 g/mol. The maximum atomic E-state index is 12.5. The second-order valence-corrected chi connectivity index (χ2v) is 7.14. The number of piperidine rings is 1. The minimum Gasteiger partial charge on any atom is -0.337 e. The maximum absolute atomic E-state index is 12.5. The zero-order chi connectivity index (χ0) is 13.9. The Bertz CT molecular complexity index is 447. The smallest absolute Gasteiger partial charge is 0.223 e. The molecule has 108 valence electrons. The molecular weight excluding hydrogens is 266 g/mol. The number of nitrogens with zero attached hydrogens (tertiary/aromatic N) is 1. The monoisotopic (exact) mass is 289 g/mol. The Morgan fingerprint density at radius 3 is 2.45 bits per heavy atom. The van der Waals surface area contributed by atoms with Gasteiger partial charge in [-0.15, -0.1) is 0 Å². The van der Waals surface area contributed by atoms with Crippen LogP contribution in [0.15, 0.2) is 30.3 Å². The Labute approximate surface area is 125 Å². The number of amides is 1. The van der Waals surface area contributed by atoms with Crippen molar-refractivity contribution in [3.05, 3.63) is 35.9 Å². The van der Waals surface area contributed by atoms with Crippen molar-refractivity contribution in [2.24, 2.45) is 0 Å². The third-order valence-electron chi connectivity index (χ3n) is 4.78. The third kappa shape index (κ3) is 2.88. The summed E-state index contributed by atoms with van der Waals surface area (Å²) in [5.41, 5.74) is 1.27. The first-order valence-corrected chi connectivity index (χ1v) is 8.94. The summed E-state index contributed by atoms with van der Waals surface area (Å²) in [6.45, 7) is 0. The van der Waals surface area contributed by atoms with Gasteiger partial charge in [0.2, 0.25) is 5.91 Å². The number of benzene rings is 1. The fraction of sp³-hybridized carbons (Fsp3) is 0.588. The predicted octanol–water partition coefficient (Wildman–Crippen LogP) is 3.50. The summed E-state index contributed by atoms with van der Waals surface area (Å²) < 4.78 is 0. The first kappa shape index (κ1) is 14.0. The zero-order valence-corrected chi connectivity index (χ0v) is 12.9. The molecule has 2 atom stereocenters. The largest absolute Gasteiger partial charge is 0.337 e. The van der Waals surface area contributed by atoms with Gasteiger partial charge in [0.05, 0.1) is 0 Å². The van der Waals surface area contributed by atoms with E-state index in [0.717, 1.165) is 11.7 Å². The molecular formula is C17H23NOS. The molecule has 3 heteroatoms. The number of rotatable bonds is 4. The number of hydrogen-bond acceptors (Lipinski definition) is 2. The summed E-state index contributed by atoms with van der Waals surface area (Å²) in [5, 5.41) is 0.769. The molecule has 0 radical (unpaired) electrons. The van der Waals surface area contributed by atoms with Crippen molar-refractivity contribution in [1.29, 1.82) is 0 Å². The molecule has 3 rings (SSSR count). The van der Waals surface area contributed by atoms with Crippen molar-refractivity contribution in [1.82, 2.24) is 4.90 Å². The van der Waals surface area contributed by atoms with E-state index in [-0.39, 0.29) is 0 Å². The molecule has 1 aromatic carbocycles. The van der Waals surface area contributed by atoms with E-state index < -0.39 is 0 Å². The van der Waals surface area contributed by atoms with Crippen LogP contribution in [0.1, 0.15) is 37.7 Å². The number of hydrogen-bond donors (Lipinski definition) is 0. The van der Waals surface area contributed by atoms with Gasteiger partial charge < -0.3 is 4.90 Å². The highest BCUT2D eigenvalue weighted by Crippen LogP contribution is 2.39. The van der Waals surface area contributed by atoms with Crippen LogP contribution in [0.5, 0.6) is 0 Å². The van der Waals surface area contributed by atoms with Crippen LogP contribution < -0.4 is 0 Å². The number of thioether (sulfide) groups is 1. The molecule has 2 heterocycles. The summed E-state index contributed by atoms with van der Waals surface area (Å²) in [7, 11) is 0. The SMILES string of the molecule is CSC1CC2CCC(C1)N2C(=O)CCc1ccccc1. The Balaban J connectivity index is 1.58. The van der Waals surface area contributed by atoms with Crippen LogP contribution >= 0.6 is 11.8 Å². The van der Waals surface area contributed by atoms with E-state index in [4.69, 9.17) is 0 Å². The number of aryl methyl sites for hydroxylation is 1. The van der Waals surface area contributed by atoms with Gasteiger partial charge in [0, 0.05) is 23.8 Å². The minimum atomic E-state index is 0.376. The van der Waals surface area contributed by atoms with Crippen LogP contribution in [0.25, 0.3) is 0 Å². The molecule has 2 fully saturated rings. The van der Waals surface area contributed by atoms with Gasteiger partial charge in [-0.05, 0) is 43.9 Å². The average Bonchev–Trinajstić information content (AvgIpc) is 2.76. The van der Waals surface area contributed by atoms with Crippen LogP contribution in [0, 0.1) is 0 Å². The Morgan fingerprint density at radius 1 is 1.20 bits per heavy atom. The first-order valence-electron chi connectivity index (χ1n) is 7.66. The molecule has 20 heavy (non-hydrogen) atoms. The second-order valence-electron chi connectivity index (χ2n) is 6.00. The van der Waals surface area contributed by atoms with Gasteiger partial charge >= 0.3 is 0 Å². The standard InChI is InChI=1S/C17H23NOS/c1-20-16-11-14-8-9-15(12-16)18(14)17(19)10-7-13-5-3-2-4-6-13/h2-6,14-16H,7-12H2,1H3. The van der Waals surface area contributed by atoms with Crippen LogP contribution in [-0.2, 0) is 11.2 Å². The highest BCUT2D eigenvalue weighted by atomic mass is 32.2. The molecule has 2 aliphatic rings. The Hall–Kier alpha value is -0.960. The van der Waals surface area contributed by atoms with Crippen LogP contribution in [0.3, 0.4) is 0 Å². The second kappa shape index (κ2) is 6.21. The van der Waals surface area contributed by atoms with E-state index in [2.05, 4.69) is 23.3 Å². The van der Waals surface area contributed by atoms with Gasteiger partial charge in [0.1, 0.15) is 0 Å². The normalized spacial score (nSPS) is 28.6. The molecule has 0 N–H and O–H groups in total. The number of carbonyl (C=O) groups excluding carboxylic acids is 1. The van der Waals surface area contributed by atoms with Crippen molar-refractivity contribution < 1.29 is 4.79 Å². The third-order valence-corrected chi connectivity index (χ3v) is 5.83. The molecule has 2 saturated heterocycles. The molecule has 0 spiro atoms. The van der Waals surface area contributed by atoms with Crippen LogP contribution in [0.4, 0.5) is 0 Å². The fourth-order valence-corrected chi connectivity index (χ4v) is 4.58. The molecule has 2 aliphatic heterocycles. The van der Waals surface area contributed by atoms with Crippen LogP contribution in [-0.4, -0.2) is 34.4 Å². The van der Waals surface area contributed by atoms with Gasteiger partial charge in [-0.25, -0.2) is 0 Å². The number of fused-ring (bicyclic) bond motifs is 2. The molecule has 1 amide bonds. The van der Waals surface area contributed by atoms with Gasteiger partial charge in [0.15, 0.2) is 0 Å². The lowest BCUT2D eigenvalue weighted by Crippen LogP contribution is -2.47. The van der Waals surface area contributed by atoms with E-state index in [1.54, 1.807) is 0 Å². The van der Waals surface area contributed by atoms with Crippen molar-refractivity contribution in [2.75, 3.05) is 6.26 Å². The fourth-order valence-electron chi connectivity index (χ4n) is 3.75. The molecule has 0 aromatic heterocycles. The number of carbonyl (C=O) groups is 1. The van der Waals surface area contributed by atoms with E-state index >= 15 is 0 Å².